The highest BCUT2D eigenvalue weighted by Gasteiger charge is 2.70. The molecule has 9 fully saturated rings. The lowest BCUT2D eigenvalue weighted by molar-refractivity contribution is -0.376. The molecule has 5 aliphatic carbocycles. The highest BCUT2D eigenvalue weighted by Crippen LogP contribution is 2.76. The lowest BCUT2D eigenvalue weighted by Gasteiger charge is -2.71. The van der Waals surface area contributed by atoms with E-state index in [9.17, 15) is 76.6 Å². The molecule has 5 saturated heterocycles. The van der Waals surface area contributed by atoms with Crippen molar-refractivity contribution in [3.8, 4) is 0 Å². The van der Waals surface area contributed by atoms with E-state index >= 15 is 4.79 Å². The summed E-state index contributed by atoms with van der Waals surface area (Å²) in [6, 6.07) is 0. The van der Waals surface area contributed by atoms with Crippen LogP contribution in [0.25, 0.3) is 0 Å². The second-order valence-corrected chi connectivity index (χ2v) is 28.3. The van der Waals surface area contributed by atoms with Crippen molar-refractivity contribution in [1.82, 2.24) is 0 Å². The number of aliphatic hydroxyl groups excluding tert-OH is 15. The van der Waals surface area contributed by atoms with Crippen molar-refractivity contribution in [2.75, 3.05) is 33.0 Å². The average Bonchev–Trinajstić information content (AvgIpc) is 0.691. The summed E-state index contributed by atoms with van der Waals surface area (Å²) >= 11 is 0. The highest BCUT2D eigenvalue weighted by atomic mass is 16.8. The molecule has 15 N–H and O–H groups in total. The average molecular weight is 1210 g/mol. The molecule has 0 aromatic carbocycles. The summed E-state index contributed by atoms with van der Waals surface area (Å²) in [6.45, 7) is 13.2. The predicted molar refractivity (Wildman–Crippen MR) is 283 cm³/mol. The van der Waals surface area contributed by atoms with Gasteiger partial charge in [-0.05, 0) is 109 Å². The van der Waals surface area contributed by atoms with E-state index < -0.39 is 179 Å². The molecule has 31 atom stereocenters. The number of fused-ring (bicyclic) bond motifs is 7. The maximum Gasteiger partial charge on any atom is 0.315 e. The zero-order valence-electron chi connectivity index (χ0n) is 49.0. The van der Waals surface area contributed by atoms with Crippen molar-refractivity contribution in [1.29, 1.82) is 0 Å². The Labute approximate surface area is 488 Å². The highest BCUT2D eigenvalue weighted by molar-refractivity contribution is 5.79. The van der Waals surface area contributed by atoms with Crippen molar-refractivity contribution in [2.24, 2.45) is 50.2 Å². The van der Waals surface area contributed by atoms with Crippen molar-refractivity contribution in [2.45, 2.75) is 260 Å². The van der Waals surface area contributed by atoms with Crippen molar-refractivity contribution in [3.05, 3.63) is 11.6 Å². The fraction of sp³-hybridized carbons (Fsp3) is 0.948. The number of aliphatic hydroxyl groups is 15. The van der Waals surface area contributed by atoms with Gasteiger partial charge in [0.1, 0.15) is 110 Å². The number of carbonyl (C=O) groups excluding carboxylic acids is 1. The van der Waals surface area contributed by atoms with Crippen LogP contribution in [0.15, 0.2) is 11.6 Å². The summed E-state index contributed by atoms with van der Waals surface area (Å²) in [5.41, 5.74) is -1.000. The molecule has 0 bridgehead atoms. The molecule has 0 unspecified atom stereocenters. The van der Waals surface area contributed by atoms with Gasteiger partial charge in [-0.15, -0.1) is 0 Å². The van der Waals surface area contributed by atoms with Crippen LogP contribution in [0.1, 0.15) is 113 Å². The molecule has 4 saturated carbocycles. The Morgan fingerprint density at radius 3 is 1.71 bits per heavy atom. The topological polar surface area (TPSA) is 413 Å². The maximum atomic E-state index is 15.3. The molecule has 10 rings (SSSR count). The Balaban J connectivity index is 0.859. The van der Waals surface area contributed by atoms with E-state index in [-0.39, 0.29) is 57.5 Å². The molecule has 5 aliphatic heterocycles. The van der Waals surface area contributed by atoms with E-state index in [0.717, 1.165) is 25.7 Å². The van der Waals surface area contributed by atoms with Crippen LogP contribution in [0, 0.1) is 50.2 Å². The van der Waals surface area contributed by atoms with Crippen molar-refractivity contribution >= 4 is 5.97 Å². The minimum Gasteiger partial charge on any atom is -0.432 e. The summed E-state index contributed by atoms with van der Waals surface area (Å²) in [4.78, 5) is 15.3. The van der Waals surface area contributed by atoms with Gasteiger partial charge < -0.3 is 124 Å². The molecule has 84 heavy (non-hydrogen) atoms. The Morgan fingerprint density at radius 1 is 0.536 bits per heavy atom. The van der Waals surface area contributed by atoms with Crippen molar-refractivity contribution < 1.29 is 129 Å². The molecule has 0 aromatic rings. The van der Waals surface area contributed by atoms with Gasteiger partial charge in [0.25, 0.3) is 0 Å². The van der Waals surface area contributed by atoms with E-state index in [1.54, 1.807) is 0 Å². The molecule has 0 aromatic heterocycles. The third kappa shape index (κ3) is 11.1. The van der Waals surface area contributed by atoms with Gasteiger partial charge in [-0.2, -0.15) is 0 Å². The standard InChI is InChI=1S/C58H94O26/c1-53(2)14-16-58(17-15-56(6)24(25(58)18-53)8-9-32-55(5)12-11-33(54(3,4)31(55)10-13-57(32,56)7)82-48-43(71)35(63)27(61)21-76-48)52(74)84-50-45(73)40(68)37(65)29(80-50)23-78-51-46(83-49-44(72)39(67)36(64)28(19-59)79-49)41(69)38(66)30(81-51)22-77-47-42(70)34(62)26(60)20-75-47/h8,25-51,59-73H,9-23H2,1-7H3/t25-,26+,27+,28+,29+,30+,31-,32+,33-,34-,35-,36+,37+,38+,39-,40-,41-,42+,43+,44+,45+,46+,47-,48-,49-,50-,51+,55-,56+,57+,58-/m0/s1. The zero-order valence-corrected chi connectivity index (χ0v) is 49.0. The summed E-state index contributed by atoms with van der Waals surface area (Å²) in [6.07, 6.45) is -29.7. The molecule has 0 amide bonds. The van der Waals surface area contributed by atoms with Crippen molar-refractivity contribution in [3.63, 3.8) is 0 Å². The van der Waals surface area contributed by atoms with E-state index in [2.05, 4.69) is 54.5 Å². The zero-order chi connectivity index (χ0) is 61.1. The van der Waals surface area contributed by atoms with Crippen LogP contribution in [0.3, 0.4) is 0 Å². The molecular formula is C58H94O26. The fourth-order valence-electron chi connectivity index (χ4n) is 17.2. The van der Waals surface area contributed by atoms with E-state index in [1.165, 1.54) is 5.57 Å². The quantitative estimate of drug-likeness (QED) is 0.0499. The summed E-state index contributed by atoms with van der Waals surface area (Å²) < 4.78 is 59.0. The van der Waals surface area contributed by atoms with Crippen LogP contribution in [0.4, 0.5) is 0 Å². The SMILES string of the molecule is CC1(C)CC[C@]2(C(=O)O[C@@H]3O[C@H](CO[C@@H]4O[C@H](CO[C@@H]5OC[C@@H](O)[C@H](O)[C@H]5O)[C@@H](O)[C@H](O)[C@H]4O[C@@H]4O[C@H](CO)[C@@H](O)[C@H](O)[C@H]4O)[C@@H](O)[C@H](O)[C@H]3O)CC[C@]3(C)C(=CC[C@@H]4[C@@]5(C)CC[C@H](O[C@@H]6OC[C@@H](O)[C@H](O)[C@H]6O)C(C)(C)[C@@H]5CC[C@]43C)[C@@H]2C1. The van der Waals surface area contributed by atoms with Gasteiger partial charge in [0.2, 0.25) is 6.29 Å². The third-order valence-corrected chi connectivity index (χ3v) is 22.7. The van der Waals surface area contributed by atoms with Crippen LogP contribution >= 0.6 is 0 Å². The molecule has 0 radical (unpaired) electrons. The number of ether oxygens (including phenoxy) is 10. The molecule has 482 valence electrons. The van der Waals surface area contributed by atoms with E-state index in [1.807, 2.05) is 0 Å². The van der Waals surface area contributed by atoms with Gasteiger partial charge in [0, 0.05) is 0 Å². The van der Waals surface area contributed by atoms with Gasteiger partial charge in [0.15, 0.2) is 25.2 Å². The van der Waals surface area contributed by atoms with E-state index in [4.69, 9.17) is 47.4 Å². The smallest absolute Gasteiger partial charge is 0.315 e. The first-order valence-corrected chi connectivity index (χ1v) is 30.1. The van der Waals surface area contributed by atoms with Gasteiger partial charge in [-0.1, -0.05) is 60.1 Å². The second-order valence-electron chi connectivity index (χ2n) is 28.3. The maximum absolute atomic E-state index is 15.3. The van der Waals surface area contributed by atoms with Gasteiger partial charge >= 0.3 is 5.97 Å². The minimum absolute atomic E-state index is 0.118. The Bertz CT molecular complexity index is 2330. The molecule has 0 spiro atoms. The van der Waals surface area contributed by atoms with Gasteiger partial charge in [-0.3, -0.25) is 4.79 Å². The molecule has 5 heterocycles. The fourth-order valence-corrected chi connectivity index (χ4v) is 17.2. The first kappa shape index (κ1) is 65.2. The monoisotopic (exact) mass is 1210 g/mol. The predicted octanol–water partition coefficient (Wildman–Crippen LogP) is -2.93. The summed E-state index contributed by atoms with van der Waals surface area (Å²) in [5, 5.41) is 161. The van der Waals surface area contributed by atoms with Crippen LogP contribution in [-0.4, -0.2) is 263 Å². The summed E-state index contributed by atoms with van der Waals surface area (Å²) in [7, 11) is 0. The van der Waals surface area contributed by atoms with Crippen LogP contribution in [0.5, 0.6) is 0 Å². The largest absolute Gasteiger partial charge is 0.432 e. The number of rotatable bonds is 13. The van der Waals surface area contributed by atoms with E-state index in [0.29, 0.717) is 38.5 Å². The number of carbonyl (C=O) groups is 1. The minimum atomic E-state index is -2.01. The molecule has 26 heteroatoms. The Kier molecular flexibility index (Phi) is 18.7. The van der Waals surface area contributed by atoms with Crippen LogP contribution < -0.4 is 0 Å². The number of allylic oxidation sites excluding steroid dienone is 2. The van der Waals surface area contributed by atoms with Gasteiger partial charge in [-0.25, -0.2) is 0 Å². The first-order valence-electron chi connectivity index (χ1n) is 30.1. The molecule has 26 nitrogen and oxygen atoms in total. The second kappa shape index (κ2) is 24.1. The molecule has 10 aliphatic rings. The Morgan fingerprint density at radius 2 is 1.07 bits per heavy atom. The molecular weight excluding hydrogens is 1110 g/mol. The normalized spacial score (nSPS) is 53.7. The Hall–Kier alpha value is -1.75. The van der Waals surface area contributed by atoms with Crippen LogP contribution in [-0.2, 0) is 52.2 Å². The lowest BCUT2D eigenvalue weighted by Crippen LogP contribution is -2.66. The first-order chi connectivity index (χ1) is 39.3. The third-order valence-electron chi connectivity index (χ3n) is 22.7. The van der Waals surface area contributed by atoms with Crippen LogP contribution in [0.2, 0.25) is 0 Å². The lowest BCUT2D eigenvalue weighted by atomic mass is 9.33. The number of hydrogen-bond donors (Lipinski definition) is 15. The summed E-state index contributed by atoms with van der Waals surface area (Å²) in [5.74, 6) is -0.406. The van der Waals surface area contributed by atoms with Gasteiger partial charge in [0.05, 0.1) is 44.6 Å². The number of esters is 1. The number of hydrogen-bond acceptors (Lipinski definition) is 26.